The van der Waals surface area contributed by atoms with E-state index in [1.165, 1.54) is 22.5 Å². The Hall–Kier alpha value is -2.46. The zero-order valence-corrected chi connectivity index (χ0v) is 18.5. The van der Waals surface area contributed by atoms with E-state index in [4.69, 9.17) is 32.4 Å². The van der Waals surface area contributed by atoms with E-state index in [-0.39, 0.29) is 33.9 Å². The maximum absolute atomic E-state index is 12.8. The third kappa shape index (κ3) is 4.74. The predicted molar refractivity (Wildman–Crippen MR) is 113 cm³/mol. The Kier molecular flexibility index (Phi) is 6.29. The van der Waals surface area contributed by atoms with Gasteiger partial charge in [0.25, 0.3) is 5.89 Å². The summed E-state index contributed by atoms with van der Waals surface area (Å²) >= 11 is 12.0. The van der Waals surface area contributed by atoms with Crippen molar-refractivity contribution in [1.82, 2.24) is 14.5 Å². The van der Waals surface area contributed by atoms with E-state index < -0.39 is 16.0 Å². The molecular weight excluding hydrogens is 465 g/mol. The number of aromatic nitrogens is 2. The number of esters is 1. The number of halogens is 2. The molecule has 0 saturated carbocycles. The smallest absolute Gasteiger partial charge is 0.338 e. The van der Waals surface area contributed by atoms with Crippen LogP contribution in [0.5, 0.6) is 0 Å². The molecule has 1 aliphatic rings. The highest BCUT2D eigenvalue weighted by Crippen LogP contribution is 2.28. The molecule has 2 aromatic carbocycles. The second kappa shape index (κ2) is 8.96. The zero-order valence-electron chi connectivity index (χ0n) is 16.1. The van der Waals surface area contributed by atoms with Crippen LogP contribution >= 0.6 is 23.2 Å². The lowest BCUT2D eigenvalue weighted by Gasteiger charge is -2.17. The van der Waals surface area contributed by atoms with E-state index in [2.05, 4.69) is 10.2 Å². The molecule has 1 aromatic heterocycles. The Morgan fingerprint density at radius 1 is 1.06 bits per heavy atom. The van der Waals surface area contributed by atoms with Crippen molar-refractivity contribution in [1.29, 1.82) is 0 Å². The first-order valence-electron chi connectivity index (χ1n) is 9.40. The van der Waals surface area contributed by atoms with Crippen molar-refractivity contribution in [2.75, 3.05) is 13.1 Å². The minimum Gasteiger partial charge on any atom is -0.452 e. The lowest BCUT2D eigenvalue weighted by molar-refractivity contribution is 0.0438. The summed E-state index contributed by atoms with van der Waals surface area (Å²) in [6.07, 6.45) is 1.58. The molecule has 8 nitrogen and oxygen atoms in total. The topological polar surface area (TPSA) is 103 Å². The number of hydrogen-bond acceptors (Lipinski definition) is 7. The number of carbonyl (C=O) groups is 1. The Balaban J connectivity index is 1.46. The first-order valence-corrected chi connectivity index (χ1v) is 11.6. The van der Waals surface area contributed by atoms with Gasteiger partial charge in [0.05, 0.1) is 10.6 Å². The fourth-order valence-corrected chi connectivity index (χ4v) is 5.27. The van der Waals surface area contributed by atoms with Gasteiger partial charge in [-0.15, -0.1) is 10.2 Å². The summed E-state index contributed by atoms with van der Waals surface area (Å²) < 4.78 is 37.7. The monoisotopic (exact) mass is 481 g/mol. The number of carbonyl (C=O) groups excluding carboxylic acids is 1. The number of ether oxygens (including phenoxy) is 1. The van der Waals surface area contributed by atoms with Crippen LogP contribution in [-0.4, -0.2) is 42.0 Å². The number of nitrogens with zero attached hydrogens (tertiary/aromatic N) is 3. The summed E-state index contributed by atoms with van der Waals surface area (Å²) in [4.78, 5) is 12.3. The third-order valence-electron chi connectivity index (χ3n) is 4.73. The van der Waals surface area contributed by atoms with Crippen LogP contribution in [0, 0.1) is 0 Å². The van der Waals surface area contributed by atoms with Gasteiger partial charge in [-0.25, -0.2) is 13.2 Å². The minimum absolute atomic E-state index is 0.0490. The molecular formula is C20H17Cl2N3O5S. The zero-order chi connectivity index (χ0) is 22.0. The average molecular weight is 482 g/mol. The fourth-order valence-electron chi connectivity index (χ4n) is 3.13. The van der Waals surface area contributed by atoms with Gasteiger partial charge >= 0.3 is 5.97 Å². The molecule has 0 radical (unpaired) electrons. The molecule has 0 unspecified atom stereocenters. The standard InChI is InChI=1S/C20H17Cl2N3O5S/c21-15-6-3-13(4-7-15)19-24-23-18(30-19)12-29-20(26)14-5-8-16(22)17(11-14)31(27,28)25-9-1-2-10-25/h3-8,11H,1-2,9-10,12H2. The normalized spacial score (nSPS) is 14.6. The van der Waals surface area contributed by atoms with Crippen molar-refractivity contribution in [2.24, 2.45) is 0 Å². The number of hydrogen-bond donors (Lipinski definition) is 0. The van der Waals surface area contributed by atoms with Gasteiger partial charge < -0.3 is 9.15 Å². The quantitative estimate of drug-likeness (QED) is 0.486. The van der Waals surface area contributed by atoms with Crippen molar-refractivity contribution in [3.63, 3.8) is 0 Å². The molecule has 162 valence electrons. The molecule has 0 N–H and O–H groups in total. The van der Waals surface area contributed by atoms with E-state index in [9.17, 15) is 13.2 Å². The van der Waals surface area contributed by atoms with E-state index in [0.717, 1.165) is 12.8 Å². The number of benzene rings is 2. The molecule has 2 heterocycles. The van der Waals surface area contributed by atoms with Crippen LogP contribution in [0.3, 0.4) is 0 Å². The van der Waals surface area contributed by atoms with Gasteiger partial charge in [0, 0.05) is 23.7 Å². The Morgan fingerprint density at radius 3 is 2.48 bits per heavy atom. The molecule has 31 heavy (non-hydrogen) atoms. The van der Waals surface area contributed by atoms with Crippen molar-refractivity contribution in [3.8, 4) is 11.5 Å². The third-order valence-corrected chi connectivity index (χ3v) is 7.37. The van der Waals surface area contributed by atoms with Gasteiger partial charge in [-0.05, 0) is 55.3 Å². The van der Waals surface area contributed by atoms with Crippen LogP contribution in [0.2, 0.25) is 10.0 Å². The molecule has 1 aliphatic heterocycles. The maximum Gasteiger partial charge on any atom is 0.338 e. The molecule has 0 amide bonds. The largest absolute Gasteiger partial charge is 0.452 e. The highest BCUT2D eigenvalue weighted by molar-refractivity contribution is 7.89. The van der Waals surface area contributed by atoms with Gasteiger partial charge in [0.2, 0.25) is 15.9 Å². The second-order valence-corrected chi connectivity index (χ2v) is 9.59. The summed E-state index contributed by atoms with van der Waals surface area (Å²) in [5.74, 6) is -0.383. The van der Waals surface area contributed by atoms with Crippen molar-refractivity contribution in [3.05, 3.63) is 64.0 Å². The van der Waals surface area contributed by atoms with Crippen LogP contribution < -0.4 is 0 Å². The minimum atomic E-state index is -3.78. The van der Waals surface area contributed by atoms with Crippen LogP contribution in [0.25, 0.3) is 11.5 Å². The van der Waals surface area contributed by atoms with Gasteiger partial charge in [-0.1, -0.05) is 23.2 Å². The summed E-state index contributed by atoms with van der Waals surface area (Å²) in [7, 11) is -3.78. The van der Waals surface area contributed by atoms with Crippen molar-refractivity contribution < 1.29 is 22.4 Å². The first kappa shape index (κ1) is 21.8. The van der Waals surface area contributed by atoms with Crippen LogP contribution in [0.15, 0.2) is 51.8 Å². The summed E-state index contributed by atoms with van der Waals surface area (Å²) in [5, 5.41) is 8.39. The summed E-state index contributed by atoms with van der Waals surface area (Å²) in [6.45, 7) is 0.594. The van der Waals surface area contributed by atoms with Crippen LogP contribution in [0.1, 0.15) is 29.1 Å². The molecule has 1 saturated heterocycles. The van der Waals surface area contributed by atoms with E-state index in [1.807, 2.05) is 0 Å². The molecule has 3 aromatic rings. The lowest BCUT2D eigenvalue weighted by atomic mass is 10.2. The molecule has 0 spiro atoms. The Morgan fingerprint density at radius 2 is 1.77 bits per heavy atom. The van der Waals surface area contributed by atoms with Gasteiger partial charge in [-0.3, -0.25) is 0 Å². The molecule has 1 fully saturated rings. The maximum atomic E-state index is 12.8. The first-order chi connectivity index (χ1) is 14.8. The van der Waals surface area contributed by atoms with Crippen LogP contribution in [-0.2, 0) is 21.4 Å². The molecule has 0 bridgehead atoms. The van der Waals surface area contributed by atoms with E-state index >= 15 is 0 Å². The fraction of sp³-hybridized carbons (Fsp3) is 0.250. The highest BCUT2D eigenvalue weighted by Gasteiger charge is 2.30. The number of sulfonamides is 1. The lowest BCUT2D eigenvalue weighted by Crippen LogP contribution is -2.28. The van der Waals surface area contributed by atoms with E-state index in [1.54, 1.807) is 24.3 Å². The van der Waals surface area contributed by atoms with Crippen molar-refractivity contribution in [2.45, 2.75) is 24.3 Å². The average Bonchev–Trinajstić information content (AvgIpc) is 3.45. The summed E-state index contributed by atoms with van der Waals surface area (Å²) in [5.41, 5.74) is 0.726. The Labute approximate surface area is 188 Å². The Bertz CT molecular complexity index is 1210. The second-order valence-electron chi connectivity index (χ2n) is 6.84. The van der Waals surface area contributed by atoms with Crippen molar-refractivity contribution >= 4 is 39.2 Å². The molecule has 4 rings (SSSR count). The van der Waals surface area contributed by atoms with E-state index in [0.29, 0.717) is 23.7 Å². The molecule has 11 heteroatoms. The SMILES string of the molecule is O=C(OCc1nnc(-c2ccc(Cl)cc2)o1)c1ccc(Cl)c(S(=O)(=O)N2CCCC2)c1. The molecule has 0 aliphatic carbocycles. The number of rotatable bonds is 6. The summed E-state index contributed by atoms with van der Waals surface area (Å²) in [6, 6.07) is 10.8. The van der Waals surface area contributed by atoms with Gasteiger partial charge in [0.15, 0.2) is 6.61 Å². The van der Waals surface area contributed by atoms with Crippen LogP contribution in [0.4, 0.5) is 0 Å². The highest BCUT2D eigenvalue weighted by atomic mass is 35.5. The molecule has 0 atom stereocenters. The van der Waals surface area contributed by atoms with Gasteiger partial charge in [0.1, 0.15) is 4.90 Å². The predicted octanol–water partition coefficient (Wildman–Crippen LogP) is 4.18. The van der Waals surface area contributed by atoms with Gasteiger partial charge in [-0.2, -0.15) is 4.31 Å².